The van der Waals surface area contributed by atoms with Crippen LogP contribution in [0.5, 0.6) is 0 Å². The van der Waals surface area contributed by atoms with Gasteiger partial charge in [0.2, 0.25) is 0 Å². The molecule has 0 bridgehead atoms. The molecule has 0 unspecified atom stereocenters. The topological polar surface area (TPSA) is 38.7 Å². The van der Waals surface area contributed by atoms with Gasteiger partial charge in [-0.25, -0.2) is 15.0 Å². The molecule has 0 aliphatic heterocycles. The predicted octanol–water partition coefficient (Wildman–Crippen LogP) is 11.2. The number of benzene rings is 8. The van der Waals surface area contributed by atoms with Crippen LogP contribution in [0.1, 0.15) is 0 Å². The molecule has 0 saturated heterocycles. The fourth-order valence-corrected chi connectivity index (χ4v) is 6.75. The molecule has 0 radical (unpaired) electrons. The number of fused-ring (bicyclic) bond motifs is 7. The van der Waals surface area contributed by atoms with Crippen molar-refractivity contribution in [2.75, 3.05) is 0 Å². The van der Waals surface area contributed by atoms with Gasteiger partial charge in [0.25, 0.3) is 0 Å². The molecule has 1 heterocycles. The molecule has 3 nitrogen and oxygen atoms in total. The Morgan fingerprint density at radius 1 is 0.239 bits per heavy atom. The molecule has 0 aliphatic carbocycles. The van der Waals surface area contributed by atoms with E-state index in [1.54, 1.807) is 0 Å². The van der Waals surface area contributed by atoms with E-state index < -0.39 is 0 Å². The van der Waals surface area contributed by atoms with Crippen LogP contribution in [0.3, 0.4) is 0 Å². The van der Waals surface area contributed by atoms with Gasteiger partial charge in [-0.1, -0.05) is 164 Å². The molecule has 0 aliphatic rings. The fourth-order valence-electron chi connectivity index (χ4n) is 6.75. The summed E-state index contributed by atoms with van der Waals surface area (Å²) in [6.45, 7) is 0. The minimum atomic E-state index is 0.652. The molecule has 9 aromatic rings. The largest absolute Gasteiger partial charge is 0.208 e. The molecule has 8 aromatic carbocycles. The van der Waals surface area contributed by atoms with E-state index in [9.17, 15) is 0 Å². The number of aromatic nitrogens is 3. The van der Waals surface area contributed by atoms with Crippen molar-refractivity contribution in [3.05, 3.63) is 164 Å². The summed E-state index contributed by atoms with van der Waals surface area (Å²) in [5.41, 5.74) is 5.12. The maximum absolute atomic E-state index is 5.05. The summed E-state index contributed by atoms with van der Waals surface area (Å²) in [4.78, 5) is 15.0. The van der Waals surface area contributed by atoms with Crippen molar-refractivity contribution in [1.82, 2.24) is 15.0 Å². The second-order valence-electron chi connectivity index (χ2n) is 11.6. The standard InChI is InChI=1S/C43H27N3/c1-3-13-29(14-4-1)41-44-42(30-15-5-2-6-16-30)46-43(45-41)40-19-10-9-18-34(40)32-20-11-21-33-37(32)26-27-39-36-23-22-28-12-7-8-17-31(28)35(36)24-25-38(33)39/h1-27H. The van der Waals surface area contributed by atoms with Gasteiger partial charge in [0, 0.05) is 16.7 Å². The van der Waals surface area contributed by atoms with Crippen LogP contribution < -0.4 is 0 Å². The Labute approximate surface area is 266 Å². The van der Waals surface area contributed by atoms with Crippen molar-refractivity contribution in [1.29, 1.82) is 0 Å². The van der Waals surface area contributed by atoms with Crippen LogP contribution in [0.4, 0.5) is 0 Å². The van der Waals surface area contributed by atoms with Crippen LogP contribution in [0, 0.1) is 0 Å². The van der Waals surface area contributed by atoms with E-state index in [1.165, 1.54) is 43.1 Å². The fraction of sp³-hybridized carbons (Fsp3) is 0. The molecular formula is C43H27N3. The van der Waals surface area contributed by atoms with E-state index in [1.807, 2.05) is 60.7 Å². The molecule has 0 saturated carbocycles. The summed E-state index contributed by atoms with van der Waals surface area (Å²) in [7, 11) is 0. The van der Waals surface area contributed by atoms with Crippen LogP contribution in [-0.2, 0) is 0 Å². The average molecular weight is 586 g/mol. The zero-order valence-corrected chi connectivity index (χ0v) is 24.9. The first kappa shape index (κ1) is 26.2. The summed E-state index contributed by atoms with van der Waals surface area (Å²) in [6, 6.07) is 57.5. The van der Waals surface area contributed by atoms with E-state index in [2.05, 4.69) is 103 Å². The summed E-state index contributed by atoms with van der Waals surface area (Å²) in [6.07, 6.45) is 0. The summed E-state index contributed by atoms with van der Waals surface area (Å²) >= 11 is 0. The molecule has 0 fully saturated rings. The van der Waals surface area contributed by atoms with Gasteiger partial charge in [0.15, 0.2) is 17.5 Å². The first-order valence-electron chi connectivity index (χ1n) is 15.5. The summed E-state index contributed by atoms with van der Waals surface area (Å²) in [5, 5.41) is 10.0. The molecule has 0 N–H and O–H groups in total. The van der Waals surface area contributed by atoms with Crippen molar-refractivity contribution in [3.63, 3.8) is 0 Å². The maximum Gasteiger partial charge on any atom is 0.164 e. The van der Waals surface area contributed by atoms with Crippen LogP contribution in [0.25, 0.3) is 88.4 Å². The Morgan fingerprint density at radius 2 is 0.674 bits per heavy atom. The third-order valence-corrected chi connectivity index (χ3v) is 8.94. The number of nitrogens with zero attached hydrogens (tertiary/aromatic N) is 3. The smallest absolute Gasteiger partial charge is 0.164 e. The Balaban J connectivity index is 1.26. The SMILES string of the molecule is c1ccc(-c2nc(-c3ccccc3)nc(-c3ccccc3-c3cccc4c3ccc3c4ccc4c5ccccc5ccc43)n2)cc1. The van der Waals surface area contributed by atoms with Crippen molar-refractivity contribution in [2.24, 2.45) is 0 Å². The second kappa shape index (κ2) is 10.8. The van der Waals surface area contributed by atoms with Crippen LogP contribution in [0.15, 0.2) is 164 Å². The molecule has 3 heteroatoms. The van der Waals surface area contributed by atoms with E-state index in [-0.39, 0.29) is 0 Å². The van der Waals surface area contributed by atoms with E-state index in [4.69, 9.17) is 15.0 Å². The number of hydrogen-bond donors (Lipinski definition) is 0. The van der Waals surface area contributed by atoms with Crippen molar-refractivity contribution >= 4 is 43.1 Å². The Kier molecular flexibility index (Phi) is 6.14. The van der Waals surface area contributed by atoms with Gasteiger partial charge in [-0.3, -0.25) is 0 Å². The lowest BCUT2D eigenvalue weighted by Gasteiger charge is -2.15. The van der Waals surface area contributed by atoms with E-state index in [0.29, 0.717) is 17.5 Å². The highest BCUT2D eigenvalue weighted by molar-refractivity contribution is 6.23. The Bertz CT molecular complexity index is 2520. The Hall–Kier alpha value is -6.19. The summed E-state index contributed by atoms with van der Waals surface area (Å²) < 4.78 is 0. The average Bonchev–Trinajstić information content (AvgIpc) is 3.14. The highest BCUT2D eigenvalue weighted by Gasteiger charge is 2.17. The van der Waals surface area contributed by atoms with Crippen molar-refractivity contribution in [3.8, 4) is 45.3 Å². The number of hydrogen-bond acceptors (Lipinski definition) is 3. The van der Waals surface area contributed by atoms with Gasteiger partial charge >= 0.3 is 0 Å². The van der Waals surface area contributed by atoms with Crippen LogP contribution in [0.2, 0.25) is 0 Å². The molecule has 1 aromatic heterocycles. The van der Waals surface area contributed by atoms with Crippen molar-refractivity contribution in [2.45, 2.75) is 0 Å². The highest BCUT2D eigenvalue weighted by Crippen LogP contribution is 2.40. The quantitative estimate of drug-likeness (QED) is 0.193. The zero-order valence-electron chi connectivity index (χ0n) is 24.9. The molecule has 0 atom stereocenters. The van der Waals surface area contributed by atoms with Crippen molar-refractivity contribution < 1.29 is 0 Å². The van der Waals surface area contributed by atoms with Gasteiger partial charge in [-0.15, -0.1) is 0 Å². The Morgan fingerprint density at radius 3 is 1.35 bits per heavy atom. The molecule has 46 heavy (non-hydrogen) atoms. The molecular weight excluding hydrogens is 558 g/mol. The maximum atomic E-state index is 5.05. The van der Waals surface area contributed by atoms with Gasteiger partial charge in [0.05, 0.1) is 0 Å². The zero-order chi connectivity index (χ0) is 30.5. The molecule has 214 valence electrons. The predicted molar refractivity (Wildman–Crippen MR) is 192 cm³/mol. The van der Waals surface area contributed by atoms with E-state index in [0.717, 1.165) is 27.8 Å². The van der Waals surface area contributed by atoms with Crippen LogP contribution in [-0.4, -0.2) is 15.0 Å². The third-order valence-electron chi connectivity index (χ3n) is 8.94. The van der Waals surface area contributed by atoms with Gasteiger partial charge in [-0.05, 0) is 54.2 Å². The molecule has 9 rings (SSSR count). The summed E-state index contributed by atoms with van der Waals surface area (Å²) in [5.74, 6) is 1.96. The molecule has 0 spiro atoms. The first-order valence-corrected chi connectivity index (χ1v) is 15.5. The number of rotatable bonds is 4. The van der Waals surface area contributed by atoms with Gasteiger partial charge in [-0.2, -0.15) is 0 Å². The lowest BCUT2D eigenvalue weighted by atomic mass is 9.90. The minimum absolute atomic E-state index is 0.652. The highest BCUT2D eigenvalue weighted by atomic mass is 15.0. The molecule has 0 amide bonds. The second-order valence-corrected chi connectivity index (χ2v) is 11.6. The third kappa shape index (κ3) is 4.33. The normalized spacial score (nSPS) is 11.5. The van der Waals surface area contributed by atoms with Gasteiger partial charge in [0.1, 0.15) is 0 Å². The van der Waals surface area contributed by atoms with Crippen LogP contribution >= 0.6 is 0 Å². The minimum Gasteiger partial charge on any atom is -0.208 e. The lowest BCUT2D eigenvalue weighted by molar-refractivity contribution is 1.07. The monoisotopic (exact) mass is 585 g/mol. The van der Waals surface area contributed by atoms with Gasteiger partial charge < -0.3 is 0 Å². The lowest BCUT2D eigenvalue weighted by Crippen LogP contribution is -2.01. The first-order chi connectivity index (χ1) is 22.8. The van der Waals surface area contributed by atoms with E-state index >= 15 is 0 Å².